The van der Waals surface area contributed by atoms with Crippen molar-refractivity contribution in [3.05, 3.63) is 52.1 Å². The van der Waals surface area contributed by atoms with Gasteiger partial charge in [-0.2, -0.15) is 0 Å². The number of halogens is 1. The van der Waals surface area contributed by atoms with E-state index >= 15 is 0 Å². The highest BCUT2D eigenvalue weighted by atomic mass is 79.9. The SMILES string of the molecule is CCNCc1cccnc1Oc1ccc(C)cc1Br. The molecule has 0 aliphatic heterocycles. The fourth-order valence-corrected chi connectivity index (χ4v) is 2.28. The second kappa shape index (κ2) is 6.68. The normalized spacial score (nSPS) is 10.5. The monoisotopic (exact) mass is 320 g/mol. The molecule has 0 amide bonds. The molecule has 0 saturated carbocycles. The van der Waals surface area contributed by atoms with Crippen LogP contribution >= 0.6 is 15.9 Å². The molecule has 0 bridgehead atoms. The Morgan fingerprint density at radius 2 is 2.16 bits per heavy atom. The third-order valence-corrected chi connectivity index (χ3v) is 3.33. The summed E-state index contributed by atoms with van der Waals surface area (Å²) in [7, 11) is 0. The lowest BCUT2D eigenvalue weighted by atomic mass is 10.2. The molecule has 4 heteroatoms. The van der Waals surface area contributed by atoms with Gasteiger partial charge in [0, 0.05) is 18.3 Å². The third-order valence-electron chi connectivity index (χ3n) is 2.71. The van der Waals surface area contributed by atoms with Crippen LogP contribution in [0, 0.1) is 6.92 Å². The molecule has 1 aromatic heterocycles. The lowest BCUT2D eigenvalue weighted by Crippen LogP contribution is -2.12. The summed E-state index contributed by atoms with van der Waals surface area (Å²) >= 11 is 3.51. The molecular weight excluding hydrogens is 304 g/mol. The number of ether oxygens (including phenoxy) is 1. The Hall–Kier alpha value is -1.39. The molecule has 0 aliphatic rings. The minimum absolute atomic E-state index is 0.646. The first-order valence-electron chi connectivity index (χ1n) is 6.29. The maximum absolute atomic E-state index is 5.89. The predicted octanol–water partition coefficient (Wildman–Crippen LogP) is 4.05. The van der Waals surface area contributed by atoms with Crippen molar-refractivity contribution >= 4 is 15.9 Å². The van der Waals surface area contributed by atoms with Crippen LogP contribution in [-0.4, -0.2) is 11.5 Å². The van der Waals surface area contributed by atoms with Gasteiger partial charge in [-0.1, -0.05) is 19.1 Å². The lowest BCUT2D eigenvalue weighted by Gasteiger charge is -2.11. The molecule has 0 radical (unpaired) electrons. The van der Waals surface area contributed by atoms with E-state index in [4.69, 9.17) is 4.74 Å². The van der Waals surface area contributed by atoms with E-state index in [1.54, 1.807) is 6.20 Å². The van der Waals surface area contributed by atoms with Crippen molar-refractivity contribution in [2.45, 2.75) is 20.4 Å². The summed E-state index contributed by atoms with van der Waals surface area (Å²) in [5, 5.41) is 3.28. The molecule has 100 valence electrons. The first-order valence-corrected chi connectivity index (χ1v) is 7.08. The highest BCUT2D eigenvalue weighted by Gasteiger charge is 2.08. The van der Waals surface area contributed by atoms with Crippen LogP contribution in [0.2, 0.25) is 0 Å². The second-order valence-corrected chi connectivity index (χ2v) is 5.14. The Morgan fingerprint density at radius 3 is 2.89 bits per heavy atom. The molecule has 0 saturated heterocycles. The Morgan fingerprint density at radius 1 is 1.32 bits per heavy atom. The van der Waals surface area contributed by atoms with Gasteiger partial charge in [0.2, 0.25) is 5.88 Å². The van der Waals surface area contributed by atoms with E-state index in [-0.39, 0.29) is 0 Å². The van der Waals surface area contributed by atoms with E-state index in [0.717, 1.165) is 28.9 Å². The number of rotatable bonds is 5. The third kappa shape index (κ3) is 3.78. The number of benzene rings is 1. The minimum atomic E-state index is 0.646. The summed E-state index contributed by atoms with van der Waals surface area (Å²) < 4.78 is 6.83. The van der Waals surface area contributed by atoms with E-state index in [1.807, 2.05) is 37.3 Å². The Balaban J connectivity index is 2.22. The number of aromatic nitrogens is 1. The van der Waals surface area contributed by atoms with E-state index in [2.05, 4.69) is 33.2 Å². The van der Waals surface area contributed by atoms with Crippen LogP contribution in [0.5, 0.6) is 11.6 Å². The summed E-state index contributed by atoms with van der Waals surface area (Å²) in [4.78, 5) is 4.31. The molecule has 0 aliphatic carbocycles. The second-order valence-electron chi connectivity index (χ2n) is 4.28. The average molecular weight is 321 g/mol. The first kappa shape index (κ1) is 14.0. The highest BCUT2D eigenvalue weighted by Crippen LogP contribution is 2.30. The standard InChI is InChI=1S/C15H17BrN2O/c1-3-17-10-12-5-4-8-18-15(12)19-14-7-6-11(2)9-13(14)16/h4-9,17H,3,10H2,1-2H3. The molecular formula is C15H17BrN2O. The van der Waals surface area contributed by atoms with Crippen molar-refractivity contribution in [1.82, 2.24) is 10.3 Å². The molecule has 1 N–H and O–H groups in total. The summed E-state index contributed by atoms with van der Waals surface area (Å²) in [5.41, 5.74) is 2.24. The quantitative estimate of drug-likeness (QED) is 0.902. The average Bonchev–Trinajstić information content (AvgIpc) is 2.41. The van der Waals surface area contributed by atoms with Gasteiger partial charge in [-0.15, -0.1) is 0 Å². The van der Waals surface area contributed by atoms with Crippen molar-refractivity contribution in [3.8, 4) is 11.6 Å². The number of nitrogens with one attached hydrogen (secondary N) is 1. The molecule has 3 nitrogen and oxygen atoms in total. The molecule has 0 spiro atoms. The van der Waals surface area contributed by atoms with E-state index < -0.39 is 0 Å². The largest absolute Gasteiger partial charge is 0.438 e. The van der Waals surface area contributed by atoms with Gasteiger partial charge < -0.3 is 10.1 Å². The zero-order valence-corrected chi connectivity index (χ0v) is 12.7. The Kier molecular flexibility index (Phi) is 4.93. The number of hydrogen-bond donors (Lipinski definition) is 1. The smallest absolute Gasteiger partial charge is 0.223 e. The Labute approximate surface area is 122 Å². The van der Waals surface area contributed by atoms with Gasteiger partial charge in [0.25, 0.3) is 0 Å². The van der Waals surface area contributed by atoms with Gasteiger partial charge in [0.1, 0.15) is 5.75 Å². The minimum Gasteiger partial charge on any atom is -0.438 e. The van der Waals surface area contributed by atoms with Crippen LogP contribution in [0.3, 0.4) is 0 Å². The van der Waals surface area contributed by atoms with Gasteiger partial charge in [0.15, 0.2) is 0 Å². The van der Waals surface area contributed by atoms with Crippen LogP contribution < -0.4 is 10.1 Å². The van der Waals surface area contributed by atoms with Crippen LogP contribution in [0.25, 0.3) is 0 Å². The molecule has 0 atom stereocenters. The topological polar surface area (TPSA) is 34.2 Å². The molecule has 1 aromatic carbocycles. The summed E-state index contributed by atoms with van der Waals surface area (Å²) in [5.74, 6) is 1.43. The van der Waals surface area contributed by atoms with Crippen molar-refractivity contribution in [3.63, 3.8) is 0 Å². The molecule has 2 rings (SSSR count). The highest BCUT2D eigenvalue weighted by molar-refractivity contribution is 9.10. The molecule has 19 heavy (non-hydrogen) atoms. The van der Waals surface area contributed by atoms with Crippen LogP contribution in [0.4, 0.5) is 0 Å². The van der Waals surface area contributed by atoms with Gasteiger partial charge in [-0.05, 0) is 53.2 Å². The van der Waals surface area contributed by atoms with Gasteiger partial charge in [0.05, 0.1) is 4.47 Å². The van der Waals surface area contributed by atoms with Crippen molar-refractivity contribution in [2.24, 2.45) is 0 Å². The summed E-state index contributed by atoms with van der Waals surface area (Å²) in [6, 6.07) is 9.94. The lowest BCUT2D eigenvalue weighted by molar-refractivity contribution is 0.450. The van der Waals surface area contributed by atoms with Gasteiger partial charge in [-0.3, -0.25) is 0 Å². The Bertz CT molecular complexity index is 558. The zero-order chi connectivity index (χ0) is 13.7. The van der Waals surface area contributed by atoms with E-state index in [1.165, 1.54) is 5.56 Å². The van der Waals surface area contributed by atoms with E-state index in [0.29, 0.717) is 5.88 Å². The van der Waals surface area contributed by atoms with Crippen LogP contribution in [0.1, 0.15) is 18.1 Å². The van der Waals surface area contributed by atoms with Crippen molar-refractivity contribution in [1.29, 1.82) is 0 Å². The number of pyridine rings is 1. The van der Waals surface area contributed by atoms with Crippen molar-refractivity contribution in [2.75, 3.05) is 6.54 Å². The fourth-order valence-electron chi connectivity index (χ4n) is 1.70. The molecule has 0 fully saturated rings. The van der Waals surface area contributed by atoms with E-state index in [9.17, 15) is 0 Å². The first-order chi connectivity index (χ1) is 9.20. The summed E-state index contributed by atoms with van der Waals surface area (Å²) in [6.07, 6.45) is 1.74. The fraction of sp³-hybridized carbons (Fsp3) is 0.267. The summed E-state index contributed by atoms with van der Waals surface area (Å²) in [6.45, 7) is 5.80. The molecule has 0 unspecified atom stereocenters. The van der Waals surface area contributed by atoms with Crippen LogP contribution in [-0.2, 0) is 6.54 Å². The number of aryl methyl sites for hydroxylation is 1. The van der Waals surface area contributed by atoms with Gasteiger partial charge in [-0.25, -0.2) is 4.98 Å². The van der Waals surface area contributed by atoms with Gasteiger partial charge >= 0.3 is 0 Å². The number of hydrogen-bond acceptors (Lipinski definition) is 3. The van der Waals surface area contributed by atoms with Crippen LogP contribution in [0.15, 0.2) is 41.0 Å². The maximum atomic E-state index is 5.89. The molecule has 1 heterocycles. The maximum Gasteiger partial charge on any atom is 0.223 e. The zero-order valence-electron chi connectivity index (χ0n) is 11.1. The molecule has 2 aromatic rings. The van der Waals surface area contributed by atoms with Crippen molar-refractivity contribution < 1.29 is 4.74 Å². The predicted molar refractivity (Wildman–Crippen MR) is 80.6 cm³/mol. The number of nitrogens with zero attached hydrogens (tertiary/aromatic N) is 1.